The van der Waals surface area contributed by atoms with Crippen molar-refractivity contribution >= 4 is 22.8 Å². The molecule has 7 heteroatoms. The lowest BCUT2D eigenvalue weighted by Crippen LogP contribution is -2.55. The third-order valence-corrected chi connectivity index (χ3v) is 3.39. The number of nitrogens with one attached hydrogen (secondary N) is 1. The molecule has 2 aromatic rings. The maximum Gasteiger partial charge on any atom is 0.322 e. The van der Waals surface area contributed by atoms with Crippen LogP contribution in [0.2, 0.25) is 0 Å². The van der Waals surface area contributed by atoms with Crippen molar-refractivity contribution in [1.82, 2.24) is 9.88 Å². The number of nitrogens with two attached hydrogens (primary N) is 1. The first-order valence-corrected chi connectivity index (χ1v) is 6.57. The number of aliphatic carboxylic acids is 1. The Balaban J connectivity index is 2.30. The van der Waals surface area contributed by atoms with Crippen LogP contribution in [0, 0.1) is 0 Å². The molecule has 0 aliphatic heterocycles. The maximum absolute atomic E-state index is 12.1. The minimum Gasteiger partial charge on any atom is -0.506 e. The minimum atomic E-state index is -1.50. The Kier molecular flexibility index (Phi) is 4.18. The third-order valence-electron chi connectivity index (χ3n) is 3.39. The monoisotopic (exact) mass is 303 g/mol. The smallest absolute Gasteiger partial charge is 0.322 e. The van der Waals surface area contributed by atoms with Gasteiger partial charge in [-0.25, -0.2) is 0 Å². The molecule has 0 spiro atoms. The number of para-hydroxylation sites is 1. The van der Waals surface area contributed by atoms with Gasteiger partial charge in [-0.15, -0.1) is 6.58 Å². The van der Waals surface area contributed by atoms with Crippen molar-refractivity contribution < 1.29 is 19.8 Å². The lowest BCUT2D eigenvalue weighted by molar-refractivity contribution is -0.138. The molecule has 0 aliphatic carbocycles. The molecule has 2 rings (SSSR count). The molecule has 0 saturated carbocycles. The Morgan fingerprint density at radius 2 is 2.09 bits per heavy atom. The third kappa shape index (κ3) is 2.94. The quantitative estimate of drug-likeness (QED) is 0.577. The number of nitrogens with zero attached hydrogens (tertiary/aromatic N) is 1. The predicted molar refractivity (Wildman–Crippen MR) is 81.4 cm³/mol. The van der Waals surface area contributed by atoms with Crippen LogP contribution in [0.4, 0.5) is 0 Å². The number of carboxylic acid groups (broad SMARTS) is 1. The molecule has 0 saturated heterocycles. The van der Waals surface area contributed by atoms with Crippen molar-refractivity contribution in [3.8, 4) is 5.75 Å². The summed E-state index contributed by atoms with van der Waals surface area (Å²) < 4.78 is 1.63. The number of benzene rings is 1. The van der Waals surface area contributed by atoms with Gasteiger partial charge in [0.1, 0.15) is 17.8 Å². The second-order valence-electron chi connectivity index (χ2n) is 4.98. The fourth-order valence-corrected chi connectivity index (χ4v) is 2.19. The Morgan fingerprint density at radius 3 is 2.73 bits per heavy atom. The van der Waals surface area contributed by atoms with E-state index in [2.05, 4.69) is 11.9 Å². The average Bonchev–Trinajstić information content (AvgIpc) is 2.81. The van der Waals surface area contributed by atoms with Crippen LogP contribution >= 0.6 is 0 Å². The molecule has 5 N–H and O–H groups in total. The maximum atomic E-state index is 12.1. The molecule has 1 aromatic carbocycles. The van der Waals surface area contributed by atoms with E-state index in [1.807, 2.05) is 0 Å². The van der Waals surface area contributed by atoms with E-state index in [0.717, 1.165) is 0 Å². The zero-order valence-corrected chi connectivity index (χ0v) is 11.8. The van der Waals surface area contributed by atoms with Crippen LogP contribution < -0.4 is 11.1 Å². The molecule has 1 heterocycles. The number of amides is 1. The Morgan fingerprint density at radius 1 is 1.41 bits per heavy atom. The molecule has 7 nitrogen and oxygen atoms in total. The van der Waals surface area contributed by atoms with E-state index in [9.17, 15) is 14.7 Å². The highest BCUT2D eigenvalue weighted by atomic mass is 16.4. The van der Waals surface area contributed by atoms with E-state index in [0.29, 0.717) is 10.9 Å². The molecule has 0 radical (unpaired) electrons. The minimum absolute atomic E-state index is 0.0169. The highest BCUT2D eigenvalue weighted by molar-refractivity contribution is 5.91. The summed E-state index contributed by atoms with van der Waals surface area (Å²) in [5, 5.41) is 21.4. The van der Waals surface area contributed by atoms with Crippen molar-refractivity contribution in [2.24, 2.45) is 5.73 Å². The molecule has 1 unspecified atom stereocenters. The summed E-state index contributed by atoms with van der Waals surface area (Å²) in [5.74, 6) is -1.74. The first-order chi connectivity index (χ1) is 10.4. The lowest BCUT2D eigenvalue weighted by Gasteiger charge is -2.25. The lowest BCUT2D eigenvalue weighted by atomic mass is 10.00. The van der Waals surface area contributed by atoms with E-state index < -0.39 is 24.0 Å². The molecule has 1 amide bonds. The van der Waals surface area contributed by atoms with E-state index in [1.54, 1.807) is 28.8 Å². The van der Waals surface area contributed by atoms with E-state index in [1.165, 1.54) is 12.3 Å². The summed E-state index contributed by atoms with van der Waals surface area (Å²) in [6.45, 7) is 3.05. The molecule has 116 valence electrons. The van der Waals surface area contributed by atoms with Gasteiger partial charge in [0.05, 0.1) is 12.1 Å². The SMILES string of the molecule is C=CC(N)(Cn1cc(O)c2ccccc21)C(=O)NCC(=O)O. The number of fused-ring (bicyclic) bond motifs is 1. The highest BCUT2D eigenvalue weighted by Crippen LogP contribution is 2.27. The van der Waals surface area contributed by atoms with Gasteiger partial charge in [-0.3, -0.25) is 9.59 Å². The number of carbonyl (C=O) groups is 2. The first-order valence-electron chi connectivity index (χ1n) is 6.57. The van der Waals surface area contributed by atoms with Crippen LogP contribution in [-0.4, -0.2) is 38.7 Å². The Labute approximate surface area is 126 Å². The fraction of sp³-hybridized carbons (Fsp3) is 0.200. The zero-order valence-electron chi connectivity index (χ0n) is 11.8. The largest absolute Gasteiger partial charge is 0.506 e. The van der Waals surface area contributed by atoms with E-state index in [4.69, 9.17) is 10.8 Å². The van der Waals surface area contributed by atoms with Gasteiger partial charge >= 0.3 is 5.97 Å². The van der Waals surface area contributed by atoms with Gasteiger partial charge in [0, 0.05) is 11.6 Å². The van der Waals surface area contributed by atoms with Gasteiger partial charge < -0.3 is 25.8 Å². The van der Waals surface area contributed by atoms with Gasteiger partial charge in [-0.1, -0.05) is 18.2 Å². The topological polar surface area (TPSA) is 118 Å². The number of hydrogen-bond acceptors (Lipinski definition) is 4. The average molecular weight is 303 g/mol. The summed E-state index contributed by atoms with van der Waals surface area (Å²) in [5.41, 5.74) is 5.25. The number of aromatic hydroxyl groups is 1. The molecule has 0 aliphatic rings. The molecule has 0 bridgehead atoms. The van der Waals surface area contributed by atoms with Crippen molar-refractivity contribution in [2.45, 2.75) is 12.1 Å². The number of aromatic nitrogens is 1. The normalized spacial score (nSPS) is 13.5. The number of hydrogen-bond donors (Lipinski definition) is 4. The van der Waals surface area contributed by atoms with Gasteiger partial charge in [0.25, 0.3) is 0 Å². The van der Waals surface area contributed by atoms with Crippen LogP contribution in [-0.2, 0) is 16.1 Å². The van der Waals surface area contributed by atoms with Crippen molar-refractivity contribution in [3.05, 3.63) is 43.1 Å². The Bertz CT molecular complexity index is 737. The van der Waals surface area contributed by atoms with Crippen LogP contribution in [0.1, 0.15) is 0 Å². The Hall–Kier alpha value is -2.80. The number of carboxylic acids is 1. The summed E-state index contributed by atoms with van der Waals surface area (Å²) in [4.78, 5) is 22.6. The zero-order chi connectivity index (χ0) is 16.3. The molecular formula is C15H17N3O4. The van der Waals surface area contributed by atoms with Crippen molar-refractivity contribution in [2.75, 3.05) is 6.54 Å². The summed E-state index contributed by atoms with van der Waals surface area (Å²) >= 11 is 0. The van der Waals surface area contributed by atoms with Gasteiger partial charge in [-0.05, 0) is 12.1 Å². The van der Waals surface area contributed by atoms with E-state index in [-0.39, 0.29) is 12.3 Å². The van der Waals surface area contributed by atoms with Crippen LogP contribution in [0.25, 0.3) is 10.9 Å². The molecule has 1 atom stereocenters. The van der Waals surface area contributed by atoms with Crippen LogP contribution in [0.5, 0.6) is 5.75 Å². The molecule has 1 aromatic heterocycles. The highest BCUT2D eigenvalue weighted by Gasteiger charge is 2.32. The summed E-state index contributed by atoms with van der Waals surface area (Å²) in [6.07, 6.45) is 2.73. The summed E-state index contributed by atoms with van der Waals surface area (Å²) in [6, 6.07) is 7.12. The molecule has 0 fully saturated rings. The van der Waals surface area contributed by atoms with Crippen molar-refractivity contribution in [3.63, 3.8) is 0 Å². The van der Waals surface area contributed by atoms with Gasteiger partial charge in [0.2, 0.25) is 5.91 Å². The van der Waals surface area contributed by atoms with Crippen molar-refractivity contribution in [1.29, 1.82) is 0 Å². The first kappa shape index (κ1) is 15.6. The van der Waals surface area contributed by atoms with Crippen LogP contribution in [0.3, 0.4) is 0 Å². The fourth-order valence-electron chi connectivity index (χ4n) is 2.19. The number of carbonyl (C=O) groups excluding carboxylic acids is 1. The van der Waals surface area contributed by atoms with Gasteiger partial charge in [-0.2, -0.15) is 0 Å². The second-order valence-corrected chi connectivity index (χ2v) is 4.98. The summed E-state index contributed by atoms with van der Waals surface area (Å²) in [7, 11) is 0. The molecular weight excluding hydrogens is 286 g/mol. The number of rotatable bonds is 6. The second kappa shape index (κ2) is 5.90. The van der Waals surface area contributed by atoms with Crippen LogP contribution in [0.15, 0.2) is 43.1 Å². The molecule has 22 heavy (non-hydrogen) atoms. The standard InChI is InChI=1S/C15H17N3O4/c1-2-15(16,14(22)17-7-13(20)21)9-18-8-12(19)10-5-3-4-6-11(10)18/h2-6,8,19H,1,7,9,16H2,(H,17,22)(H,20,21). The van der Waals surface area contributed by atoms with E-state index >= 15 is 0 Å². The predicted octanol–water partition coefficient (Wildman–Crippen LogP) is 0.431. The van der Waals surface area contributed by atoms with Gasteiger partial charge in [0.15, 0.2) is 0 Å².